The van der Waals surface area contributed by atoms with Gasteiger partial charge in [0, 0.05) is 22.4 Å². The van der Waals surface area contributed by atoms with Crippen LogP contribution in [0.15, 0.2) is 28.8 Å². The molecule has 5 nitrogen and oxygen atoms in total. The number of fused-ring (bicyclic) bond motifs is 1. The summed E-state index contributed by atoms with van der Waals surface area (Å²) in [6, 6.07) is 5.47. The summed E-state index contributed by atoms with van der Waals surface area (Å²) in [6.07, 6.45) is 4.04. The second kappa shape index (κ2) is 7.57. The van der Waals surface area contributed by atoms with E-state index < -0.39 is 0 Å². The highest BCUT2D eigenvalue weighted by Gasteiger charge is 2.19. The fourth-order valence-corrected chi connectivity index (χ4v) is 3.60. The number of hydrogen-bond acceptors (Lipinski definition) is 5. The van der Waals surface area contributed by atoms with Gasteiger partial charge < -0.3 is 5.73 Å². The Balaban J connectivity index is 1.75. The van der Waals surface area contributed by atoms with E-state index in [-0.39, 0.29) is 0 Å². The highest BCUT2D eigenvalue weighted by atomic mass is 35.5. The molecule has 0 unspecified atom stereocenters. The Morgan fingerprint density at radius 2 is 2.04 bits per heavy atom. The van der Waals surface area contributed by atoms with Crippen molar-refractivity contribution in [1.82, 2.24) is 14.9 Å². The predicted molar refractivity (Wildman–Crippen MR) is 96.3 cm³/mol. The number of nitrogens with one attached hydrogen (secondary N) is 1. The van der Waals surface area contributed by atoms with E-state index >= 15 is 0 Å². The molecule has 2 aromatic rings. The summed E-state index contributed by atoms with van der Waals surface area (Å²) in [5.74, 6) is 0.917. The van der Waals surface area contributed by atoms with Gasteiger partial charge in [-0.05, 0) is 37.6 Å². The molecular formula is C15H17Cl2N5S. The van der Waals surface area contributed by atoms with Crippen LogP contribution in [0.2, 0.25) is 10.0 Å². The molecule has 2 heterocycles. The van der Waals surface area contributed by atoms with Gasteiger partial charge in [-0.25, -0.2) is 4.68 Å². The van der Waals surface area contributed by atoms with Crippen molar-refractivity contribution < 1.29 is 0 Å². The average molecular weight is 370 g/mol. The summed E-state index contributed by atoms with van der Waals surface area (Å²) in [7, 11) is 0. The molecule has 1 aliphatic rings. The van der Waals surface area contributed by atoms with Crippen molar-refractivity contribution in [3.8, 4) is 0 Å². The number of halogens is 2. The highest BCUT2D eigenvalue weighted by molar-refractivity contribution is 8.02. The van der Waals surface area contributed by atoms with Crippen LogP contribution in [-0.4, -0.2) is 21.4 Å². The molecule has 0 fully saturated rings. The van der Waals surface area contributed by atoms with E-state index in [1.165, 1.54) is 11.8 Å². The molecule has 1 aliphatic heterocycles. The minimum Gasteiger partial charge on any atom is -0.330 e. The van der Waals surface area contributed by atoms with Gasteiger partial charge in [0.25, 0.3) is 0 Å². The number of rotatable bonds is 6. The Bertz CT molecular complexity index is 729. The molecule has 0 aliphatic carbocycles. The molecule has 0 amide bonds. The first kappa shape index (κ1) is 16.6. The summed E-state index contributed by atoms with van der Waals surface area (Å²) in [5.41, 5.74) is 10.7. The number of aromatic nitrogens is 3. The fourth-order valence-electron chi connectivity index (χ4n) is 2.35. The standard InChI is InChI=1S/C15H17Cl2N5S/c16-10-5-6-11(12(17)8-10)13-9-23-15-20-19-14(22(15)21-13)4-2-1-3-7-18/h5-6,8-9,21H,1-4,7,18H2. The summed E-state index contributed by atoms with van der Waals surface area (Å²) in [5, 5.41) is 12.5. The Labute approximate surface area is 149 Å². The summed E-state index contributed by atoms with van der Waals surface area (Å²) in [4.78, 5) is 0. The van der Waals surface area contributed by atoms with Crippen molar-refractivity contribution >= 4 is 40.7 Å². The normalized spacial score (nSPS) is 13.4. The van der Waals surface area contributed by atoms with Crippen LogP contribution in [0.1, 0.15) is 30.7 Å². The Morgan fingerprint density at radius 1 is 1.17 bits per heavy atom. The third kappa shape index (κ3) is 3.83. The molecule has 0 radical (unpaired) electrons. The van der Waals surface area contributed by atoms with E-state index in [1.807, 2.05) is 22.2 Å². The van der Waals surface area contributed by atoms with Gasteiger partial charge in [0.05, 0.1) is 10.7 Å². The summed E-state index contributed by atoms with van der Waals surface area (Å²) in [6.45, 7) is 0.730. The average Bonchev–Trinajstić information content (AvgIpc) is 2.94. The van der Waals surface area contributed by atoms with Crippen LogP contribution in [0.25, 0.3) is 5.70 Å². The zero-order valence-corrected chi connectivity index (χ0v) is 14.8. The summed E-state index contributed by atoms with van der Waals surface area (Å²) >= 11 is 13.8. The molecule has 3 N–H and O–H groups in total. The van der Waals surface area contributed by atoms with E-state index in [2.05, 4.69) is 15.6 Å². The lowest BCUT2D eigenvalue weighted by molar-refractivity contribution is 0.650. The van der Waals surface area contributed by atoms with Crippen LogP contribution in [0.4, 0.5) is 0 Å². The van der Waals surface area contributed by atoms with Crippen molar-refractivity contribution in [3.63, 3.8) is 0 Å². The lowest BCUT2D eigenvalue weighted by Crippen LogP contribution is -2.20. The highest BCUT2D eigenvalue weighted by Crippen LogP contribution is 2.32. The smallest absolute Gasteiger partial charge is 0.214 e. The minimum absolute atomic E-state index is 0.609. The van der Waals surface area contributed by atoms with E-state index in [0.29, 0.717) is 10.0 Å². The van der Waals surface area contributed by atoms with Crippen molar-refractivity contribution in [1.29, 1.82) is 0 Å². The molecule has 0 saturated carbocycles. The third-order valence-corrected chi connectivity index (χ3v) is 4.92. The lowest BCUT2D eigenvalue weighted by atomic mass is 10.2. The number of benzene rings is 1. The van der Waals surface area contributed by atoms with Crippen molar-refractivity contribution in [3.05, 3.63) is 45.0 Å². The molecule has 23 heavy (non-hydrogen) atoms. The first-order chi connectivity index (χ1) is 11.2. The third-order valence-electron chi connectivity index (χ3n) is 3.54. The van der Waals surface area contributed by atoms with Crippen molar-refractivity contribution in [2.45, 2.75) is 30.8 Å². The second-order valence-corrected chi connectivity index (χ2v) is 6.90. The SMILES string of the molecule is NCCCCCc1nnc2n1NC(c1ccc(Cl)cc1Cl)=CS2. The molecule has 1 aromatic heterocycles. The van der Waals surface area contributed by atoms with Gasteiger partial charge in [-0.15, -0.1) is 10.2 Å². The molecule has 1 aromatic carbocycles. The maximum absolute atomic E-state index is 6.30. The largest absolute Gasteiger partial charge is 0.330 e. The monoisotopic (exact) mass is 369 g/mol. The van der Waals surface area contributed by atoms with Crippen LogP contribution >= 0.6 is 35.0 Å². The van der Waals surface area contributed by atoms with Gasteiger partial charge in [-0.1, -0.05) is 41.4 Å². The maximum atomic E-state index is 6.30. The zero-order valence-electron chi connectivity index (χ0n) is 12.4. The number of thioether (sulfide) groups is 1. The van der Waals surface area contributed by atoms with Gasteiger partial charge in [0.15, 0.2) is 5.82 Å². The number of nitrogens with zero attached hydrogens (tertiary/aromatic N) is 3. The van der Waals surface area contributed by atoms with E-state index in [4.69, 9.17) is 28.9 Å². The molecule has 0 bridgehead atoms. The minimum atomic E-state index is 0.609. The van der Waals surface area contributed by atoms with E-state index in [9.17, 15) is 0 Å². The van der Waals surface area contributed by atoms with E-state index in [1.54, 1.807) is 6.07 Å². The maximum Gasteiger partial charge on any atom is 0.214 e. The molecule has 0 spiro atoms. The predicted octanol–water partition coefficient (Wildman–Crippen LogP) is 3.90. The quantitative estimate of drug-likeness (QED) is 0.755. The van der Waals surface area contributed by atoms with Gasteiger partial charge in [0.2, 0.25) is 5.16 Å². The van der Waals surface area contributed by atoms with Gasteiger partial charge >= 0.3 is 0 Å². The van der Waals surface area contributed by atoms with Crippen LogP contribution < -0.4 is 11.2 Å². The number of hydrogen-bond donors (Lipinski definition) is 2. The molecular weight excluding hydrogens is 353 g/mol. The molecule has 3 rings (SSSR count). The van der Waals surface area contributed by atoms with Gasteiger partial charge in [0.1, 0.15) is 0 Å². The lowest BCUT2D eigenvalue weighted by Gasteiger charge is -2.20. The van der Waals surface area contributed by atoms with Gasteiger partial charge in [-0.2, -0.15) is 0 Å². The first-order valence-electron chi connectivity index (χ1n) is 7.42. The second-order valence-electron chi connectivity index (χ2n) is 5.22. The topological polar surface area (TPSA) is 68.8 Å². The summed E-state index contributed by atoms with van der Waals surface area (Å²) < 4.78 is 1.92. The van der Waals surface area contributed by atoms with Crippen LogP contribution in [0, 0.1) is 0 Å². The number of unbranched alkanes of at least 4 members (excludes halogenated alkanes) is 2. The fraction of sp³-hybridized carbons (Fsp3) is 0.333. The molecule has 122 valence electrons. The molecule has 0 atom stereocenters. The Hall–Kier alpha value is -1.21. The van der Waals surface area contributed by atoms with Gasteiger partial charge in [-0.3, -0.25) is 5.43 Å². The zero-order chi connectivity index (χ0) is 16.2. The Morgan fingerprint density at radius 3 is 2.83 bits per heavy atom. The van der Waals surface area contributed by atoms with Crippen molar-refractivity contribution in [2.24, 2.45) is 5.73 Å². The van der Waals surface area contributed by atoms with E-state index in [0.717, 1.165) is 54.5 Å². The van der Waals surface area contributed by atoms with Crippen molar-refractivity contribution in [2.75, 3.05) is 12.0 Å². The molecule has 8 heteroatoms. The molecule has 0 saturated heterocycles. The Kier molecular flexibility index (Phi) is 5.48. The van der Waals surface area contributed by atoms with Crippen LogP contribution in [0.3, 0.4) is 0 Å². The number of aryl methyl sites for hydroxylation is 1. The number of nitrogens with two attached hydrogens (primary N) is 1. The van der Waals surface area contributed by atoms with Crippen LogP contribution in [0.5, 0.6) is 0 Å². The first-order valence-corrected chi connectivity index (χ1v) is 9.06. The van der Waals surface area contributed by atoms with Crippen LogP contribution in [-0.2, 0) is 6.42 Å².